The van der Waals surface area contributed by atoms with Gasteiger partial charge in [-0.2, -0.15) is 5.10 Å². The predicted molar refractivity (Wildman–Crippen MR) is 74.2 cm³/mol. The summed E-state index contributed by atoms with van der Waals surface area (Å²) in [4.78, 5) is 8.53. The van der Waals surface area contributed by atoms with E-state index in [-0.39, 0.29) is 0 Å². The molecule has 5 nitrogen and oxygen atoms in total. The highest BCUT2D eigenvalue weighted by molar-refractivity contribution is 5.64. The lowest BCUT2D eigenvalue weighted by atomic mass is 10.1. The van der Waals surface area contributed by atoms with E-state index < -0.39 is 0 Å². The van der Waals surface area contributed by atoms with Crippen molar-refractivity contribution in [1.82, 2.24) is 20.2 Å². The molecule has 19 heavy (non-hydrogen) atoms. The van der Waals surface area contributed by atoms with Gasteiger partial charge in [-0.25, -0.2) is 4.98 Å². The van der Waals surface area contributed by atoms with E-state index in [4.69, 9.17) is 5.73 Å². The van der Waals surface area contributed by atoms with Crippen LogP contribution >= 0.6 is 0 Å². The SMILES string of the molecule is Cc1cc(-c2nc(-c3cccnc3)n[nH]2)ccc1N. The fourth-order valence-corrected chi connectivity index (χ4v) is 1.84. The zero-order valence-corrected chi connectivity index (χ0v) is 10.5. The van der Waals surface area contributed by atoms with E-state index in [9.17, 15) is 0 Å². The molecule has 3 aromatic rings. The zero-order valence-electron chi connectivity index (χ0n) is 10.5. The Morgan fingerprint density at radius 1 is 1.16 bits per heavy atom. The molecule has 5 heteroatoms. The molecule has 1 aromatic carbocycles. The van der Waals surface area contributed by atoms with E-state index in [2.05, 4.69) is 20.2 Å². The topological polar surface area (TPSA) is 80.5 Å². The van der Waals surface area contributed by atoms with Gasteiger partial charge in [0.2, 0.25) is 0 Å². The molecule has 0 spiro atoms. The van der Waals surface area contributed by atoms with Crippen molar-refractivity contribution in [2.45, 2.75) is 6.92 Å². The van der Waals surface area contributed by atoms with Crippen LogP contribution in [0.4, 0.5) is 5.69 Å². The van der Waals surface area contributed by atoms with Gasteiger partial charge in [-0.15, -0.1) is 0 Å². The minimum Gasteiger partial charge on any atom is -0.399 e. The Balaban J connectivity index is 1.99. The second-order valence-electron chi connectivity index (χ2n) is 4.32. The van der Waals surface area contributed by atoms with Crippen molar-refractivity contribution in [2.75, 3.05) is 5.73 Å². The predicted octanol–water partition coefficient (Wildman–Crippen LogP) is 2.42. The zero-order chi connectivity index (χ0) is 13.2. The summed E-state index contributed by atoms with van der Waals surface area (Å²) >= 11 is 0. The summed E-state index contributed by atoms with van der Waals surface area (Å²) < 4.78 is 0. The summed E-state index contributed by atoms with van der Waals surface area (Å²) in [5.74, 6) is 1.36. The van der Waals surface area contributed by atoms with Crippen LogP contribution in [-0.2, 0) is 0 Å². The highest BCUT2D eigenvalue weighted by Crippen LogP contribution is 2.22. The molecule has 0 radical (unpaired) electrons. The number of hydrogen-bond donors (Lipinski definition) is 2. The van der Waals surface area contributed by atoms with Crippen molar-refractivity contribution < 1.29 is 0 Å². The van der Waals surface area contributed by atoms with Gasteiger partial charge in [-0.05, 0) is 42.8 Å². The van der Waals surface area contributed by atoms with Crippen molar-refractivity contribution in [1.29, 1.82) is 0 Å². The van der Waals surface area contributed by atoms with Crippen LogP contribution in [0.3, 0.4) is 0 Å². The molecule has 0 aliphatic heterocycles. The number of anilines is 1. The van der Waals surface area contributed by atoms with E-state index in [0.717, 1.165) is 28.2 Å². The molecular formula is C14H13N5. The fourth-order valence-electron chi connectivity index (χ4n) is 1.84. The summed E-state index contributed by atoms with van der Waals surface area (Å²) in [6.45, 7) is 1.97. The highest BCUT2D eigenvalue weighted by Gasteiger charge is 2.08. The number of nitrogen functional groups attached to an aromatic ring is 1. The van der Waals surface area contributed by atoms with E-state index >= 15 is 0 Å². The number of aromatic nitrogens is 4. The minimum atomic E-state index is 0.637. The van der Waals surface area contributed by atoms with Crippen LogP contribution in [0.15, 0.2) is 42.7 Å². The Morgan fingerprint density at radius 2 is 2.05 bits per heavy atom. The van der Waals surface area contributed by atoms with Crippen molar-refractivity contribution in [3.63, 3.8) is 0 Å². The lowest BCUT2D eigenvalue weighted by Crippen LogP contribution is -1.90. The summed E-state index contributed by atoms with van der Waals surface area (Å²) in [7, 11) is 0. The van der Waals surface area contributed by atoms with Crippen LogP contribution in [0.5, 0.6) is 0 Å². The standard InChI is InChI=1S/C14H13N5/c1-9-7-10(4-5-12(9)15)13-17-14(19-18-13)11-3-2-6-16-8-11/h2-8H,15H2,1H3,(H,17,18,19). The molecule has 0 saturated heterocycles. The molecular weight excluding hydrogens is 238 g/mol. The van der Waals surface area contributed by atoms with Gasteiger partial charge in [-0.1, -0.05) is 0 Å². The van der Waals surface area contributed by atoms with Crippen LogP contribution in [-0.4, -0.2) is 20.2 Å². The van der Waals surface area contributed by atoms with Crippen molar-refractivity contribution >= 4 is 5.69 Å². The van der Waals surface area contributed by atoms with Crippen LogP contribution in [0, 0.1) is 6.92 Å². The Kier molecular flexibility index (Phi) is 2.72. The van der Waals surface area contributed by atoms with Gasteiger partial charge < -0.3 is 5.73 Å². The monoisotopic (exact) mass is 251 g/mol. The lowest BCUT2D eigenvalue weighted by molar-refractivity contribution is 1.10. The van der Waals surface area contributed by atoms with E-state index in [1.54, 1.807) is 12.4 Å². The van der Waals surface area contributed by atoms with Crippen LogP contribution in [0.25, 0.3) is 22.8 Å². The second kappa shape index (κ2) is 4.53. The number of nitrogens with two attached hydrogens (primary N) is 1. The van der Waals surface area contributed by atoms with Gasteiger partial charge in [0, 0.05) is 29.2 Å². The van der Waals surface area contributed by atoms with Crippen LogP contribution < -0.4 is 5.73 Å². The molecule has 0 aliphatic carbocycles. The first kappa shape index (κ1) is 11.4. The molecule has 2 heterocycles. The molecule has 2 aromatic heterocycles. The number of rotatable bonds is 2. The Labute approximate surface area is 110 Å². The number of aryl methyl sites for hydroxylation is 1. The number of benzene rings is 1. The average molecular weight is 251 g/mol. The molecule has 0 fully saturated rings. The van der Waals surface area contributed by atoms with Gasteiger partial charge >= 0.3 is 0 Å². The highest BCUT2D eigenvalue weighted by atomic mass is 15.2. The number of aromatic amines is 1. The van der Waals surface area contributed by atoms with Gasteiger partial charge in [0.05, 0.1) is 0 Å². The third-order valence-electron chi connectivity index (χ3n) is 2.95. The van der Waals surface area contributed by atoms with Gasteiger partial charge in [0.25, 0.3) is 0 Å². The van der Waals surface area contributed by atoms with Gasteiger partial charge in [0.15, 0.2) is 11.6 Å². The molecule has 94 valence electrons. The number of nitrogens with zero attached hydrogens (tertiary/aromatic N) is 3. The maximum atomic E-state index is 5.81. The summed E-state index contributed by atoms with van der Waals surface area (Å²) in [5.41, 5.74) is 9.46. The van der Waals surface area contributed by atoms with Crippen molar-refractivity contribution in [3.05, 3.63) is 48.3 Å². The Morgan fingerprint density at radius 3 is 2.79 bits per heavy atom. The molecule has 0 amide bonds. The van der Waals surface area contributed by atoms with E-state index in [0.29, 0.717) is 5.82 Å². The lowest BCUT2D eigenvalue weighted by Gasteiger charge is -2.01. The number of hydrogen-bond acceptors (Lipinski definition) is 4. The largest absolute Gasteiger partial charge is 0.399 e. The molecule has 0 unspecified atom stereocenters. The first-order valence-corrected chi connectivity index (χ1v) is 5.93. The first-order valence-electron chi connectivity index (χ1n) is 5.93. The summed E-state index contributed by atoms with van der Waals surface area (Å²) in [6, 6.07) is 9.57. The third kappa shape index (κ3) is 2.18. The van der Waals surface area contributed by atoms with Crippen LogP contribution in [0.1, 0.15) is 5.56 Å². The molecule has 3 rings (SSSR count). The number of pyridine rings is 1. The number of nitrogens with one attached hydrogen (secondary N) is 1. The number of H-pyrrole nitrogens is 1. The second-order valence-corrected chi connectivity index (χ2v) is 4.32. The van der Waals surface area contributed by atoms with Gasteiger partial charge in [0.1, 0.15) is 0 Å². The Hall–Kier alpha value is -2.69. The third-order valence-corrected chi connectivity index (χ3v) is 2.95. The maximum absolute atomic E-state index is 5.81. The summed E-state index contributed by atoms with van der Waals surface area (Å²) in [5, 5.41) is 7.15. The van der Waals surface area contributed by atoms with Crippen LogP contribution in [0.2, 0.25) is 0 Å². The van der Waals surface area contributed by atoms with Crippen molar-refractivity contribution in [3.8, 4) is 22.8 Å². The van der Waals surface area contributed by atoms with E-state index in [1.807, 2.05) is 37.3 Å². The molecule has 0 aliphatic rings. The Bertz CT molecular complexity index is 703. The maximum Gasteiger partial charge on any atom is 0.183 e. The summed E-state index contributed by atoms with van der Waals surface area (Å²) in [6.07, 6.45) is 3.46. The normalized spacial score (nSPS) is 10.6. The first-order chi connectivity index (χ1) is 9.24. The smallest absolute Gasteiger partial charge is 0.183 e. The van der Waals surface area contributed by atoms with Crippen molar-refractivity contribution in [2.24, 2.45) is 0 Å². The average Bonchev–Trinajstić information content (AvgIpc) is 2.93. The molecule has 0 saturated carbocycles. The van der Waals surface area contributed by atoms with E-state index in [1.165, 1.54) is 0 Å². The molecule has 0 atom stereocenters. The quantitative estimate of drug-likeness (QED) is 0.685. The minimum absolute atomic E-state index is 0.637. The molecule has 3 N–H and O–H groups in total. The molecule has 0 bridgehead atoms. The van der Waals surface area contributed by atoms with Gasteiger partial charge in [-0.3, -0.25) is 10.1 Å². The fraction of sp³-hybridized carbons (Fsp3) is 0.0714.